The van der Waals surface area contributed by atoms with Crippen LogP contribution in [-0.4, -0.2) is 9.13 Å². The molecule has 4 heteroatoms. The number of allylic oxidation sites excluding steroid dienone is 1. The summed E-state index contributed by atoms with van der Waals surface area (Å²) in [6.07, 6.45) is 6.89. The van der Waals surface area contributed by atoms with Crippen molar-refractivity contribution >= 4 is 146 Å². The minimum atomic E-state index is 1.08. The van der Waals surface area contributed by atoms with Crippen LogP contribution in [0.3, 0.4) is 0 Å². The van der Waals surface area contributed by atoms with Gasteiger partial charge in [0.15, 0.2) is 0 Å². The van der Waals surface area contributed by atoms with Gasteiger partial charge in [0.05, 0.1) is 22.1 Å². The summed E-state index contributed by atoms with van der Waals surface area (Å²) < 4.78 is 8.89. The van der Waals surface area contributed by atoms with Gasteiger partial charge in [0.1, 0.15) is 0 Å². The van der Waals surface area contributed by atoms with Crippen molar-refractivity contribution in [1.82, 2.24) is 9.13 Å². The number of aryl methyl sites for hydroxylation is 1. The quantitative estimate of drug-likeness (QED) is 0.123. The number of aromatic nitrogens is 2. The van der Waals surface area contributed by atoms with Gasteiger partial charge in [-0.05, 0) is 175 Å². The van der Waals surface area contributed by atoms with Crippen LogP contribution in [-0.2, 0) is 6.42 Å². The van der Waals surface area contributed by atoms with Crippen LogP contribution in [0.15, 0.2) is 224 Å². The molecule has 0 spiro atoms. The third-order valence-corrected chi connectivity index (χ3v) is 18.7. The van der Waals surface area contributed by atoms with E-state index in [1.165, 1.54) is 161 Å². The maximum absolute atomic E-state index is 2.55. The molecule has 17 rings (SSSR count). The molecule has 0 N–H and O–H groups in total. The van der Waals surface area contributed by atoms with Crippen molar-refractivity contribution in [2.75, 3.05) is 0 Å². The van der Waals surface area contributed by atoms with E-state index in [0.717, 1.165) is 12.8 Å². The maximum Gasteiger partial charge on any atom is 0.0541 e. The smallest absolute Gasteiger partial charge is 0.0541 e. The fourth-order valence-electron chi connectivity index (χ4n) is 13.1. The van der Waals surface area contributed by atoms with Crippen molar-refractivity contribution in [3.05, 3.63) is 235 Å². The number of rotatable bonds is 4. The molecular formula is C70H42N2S2. The lowest BCUT2D eigenvalue weighted by atomic mass is 9.87. The Kier molecular flexibility index (Phi) is 8.46. The first kappa shape index (κ1) is 40.8. The van der Waals surface area contributed by atoms with Crippen LogP contribution >= 0.6 is 22.7 Å². The van der Waals surface area contributed by atoms with Crippen LogP contribution in [0.1, 0.15) is 16.9 Å². The van der Waals surface area contributed by atoms with E-state index in [9.17, 15) is 0 Å². The first-order chi connectivity index (χ1) is 36.7. The molecule has 0 radical (unpaired) electrons. The van der Waals surface area contributed by atoms with Crippen LogP contribution < -0.4 is 0 Å². The van der Waals surface area contributed by atoms with Crippen LogP contribution in [0.25, 0.3) is 157 Å². The standard InChI is InChI=1S/C70H42N2S2/c1-3-15-45(16-4-1)71-61-23-11-7-19-47(61)59-35-41(27-33-63(59)71)55-37-43-39-58-44(40-57(43)67-51(55)29-31-53-49-21-9-13-25-65(49)73-69(53)67)38-56(52-30-32-54-50-22-10-14-26-66(50)74-70(54)68(52)58)42-28-34-64-60(36-42)48-20-8-12-24-62(48)72(64)46-17-5-2-6-18-46/h1-9,11-21,23-40H,10,22H2. The Morgan fingerprint density at radius 3 is 1.42 bits per heavy atom. The fraction of sp³-hybridized carbons (Fsp3) is 0.0286. The van der Waals surface area contributed by atoms with E-state index >= 15 is 0 Å². The monoisotopic (exact) mass is 974 g/mol. The molecule has 0 saturated carbocycles. The van der Waals surface area contributed by atoms with Crippen molar-refractivity contribution in [3.63, 3.8) is 0 Å². The zero-order valence-electron chi connectivity index (χ0n) is 40.1. The van der Waals surface area contributed by atoms with E-state index in [1.807, 2.05) is 22.7 Å². The second-order valence-electron chi connectivity index (χ2n) is 20.2. The highest BCUT2D eigenvalue weighted by Gasteiger charge is 2.23. The van der Waals surface area contributed by atoms with Crippen LogP contribution in [0.2, 0.25) is 0 Å². The summed E-state index contributed by atoms with van der Waals surface area (Å²) in [5.74, 6) is 0. The predicted molar refractivity (Wildman–Crippen MR) is 322 cm³/mol. The third-order valence-electron chi connectivity index (χ3n) is 16.3. The second kappa shape index (κ2) is 15.4. The largest absolute Gasteiger partial charge is 0.309 e. The minimum absolute atomic E-state index is 1.08. The molecule has 1 aliphatic carbocycles. The van der Waals surface area contributed by atoms with Gasteiger partial charge in [-0.2, -0.15) is 0 Å². The summed E-state index contributed by atoms with van der Waals surface area (Å²) in [4.78, 5) is 1.40. The predicted octanol–water partition coefficient (Wildman–Crippen LogP) is 20.4. The molecule has 74 heavy (non-hydrogen) atoms. The van der Waals surface area contributed by atoms with E-state index in [0.29, 0.717) is 0 Å². The zero-order valence-corrected chi connectivity index (χ0v) is 41.7. The van der Waals surface area contributed by atoms with Gasteiger partial charge >= 0.3 is 0 Å². The Bertz CT molecular complexity index is 5120. The van der Waals surface area contributed by atoms with Crippen molar-refractivity contribution in [2.45, 2.75) is 12.8 Å². The van der Waals surface area contributed by atoms with E-state index in [-0.39, 0.29) is 0 Å². The molecule has 0 fully saturated rings. The number of hydrogen-bond donors (Lipinski definition) is 0. The molecule has 0 amide bonds. The summed E-state index contributed by atoms with van der Waals surface area (Å²) in [6, 6.07) is 82.4. The lowest BCUT2D eigenvalue weighted by Gasteiger charge is -2.17. The molecule has 0 aliphatic heterocycles. The van der Waals surface area contributed by atoms with Gasteiger partial charge in [0.2, 0.25) is 0 Å². The Morgan fingerprint density at radius 2 is 0.824 bits per heavy atom. The highest BCUT2D eigenvalue weighted by Crippen LogP contribution is 2.50. The van der Waals surface area contributed by atoms with Crippen molar-refractivity contribution in [3.8, 4) is 33.6 Å². The van der Waals surface area contributed by atoms with Gasteiger partial charge in [-0.15, -0.1) is 22.7 Å². The van der Waals surface area contributed by atoms with Gasteiger partial charge < -0.3 is 9.13 Å². The van der Waals surface area contributed by atoms with E-state index in [2.05, 4.69) is 240 Å². The lowest BCUT2D eigenvalue weighted by Crippen LogP contribution is -1.93. The molecule has 16 aromatic rings. The van der Waals surface area contributed by atoms with Crippen molar-refractivity contribution in [1.29, 1.82) is 0 Å². The molecule has 0 atom stereocenters. The highest BCUT2D eigenvalue weighted by molar-refractivity contribution is 7.26. The molecular weight excluding hydrogens is 933 g/mol. The molecule has 12 aromatic carbocycles. The average Bonchev–Trinajstić information content (AvgIpc) is 4.22. The van der Waals surface area contributed by atoms with Gasteiger partial charge in [0, 0.05) is 73.4 Å². The summed E-state index contributed by atoms with van der Waals surface area (Å²) in [6.45, 7) is 0. The highest BCUT2D eigenvalue weighted by atomic mass is 32.1. The first-order valence-electron chi connectivity index (χ1n) is 25.7. The van der Waals surface area contributed by atoms with Gasteiger partial charge in [-0.25, -0.2) is 0 Å². The number of fused-ring (bicyclic) bond motifs is 20. The first-order valence-corrected chi connectivity index (χ1v) is 27.3. The second-order valence-corrected chi connectivity index (χ2v) is 22.3. The van der Waals surface area contributed by atoms with Gasteiger partial charge in [-0.3, -0.25) is 0 Å². The summed E-state index contributed by atoms with van der Waals surface area (Å²) in [7, 11) is 0. The number of benzene rings is 12. The lowest BCUT2D eigenvalue weighted by molar-refractivity contribution is 1.01. The van der Waals surface area contributed by atoms with Crippen LogP contribution in [0.4, 0.5) is 0 Å². The third kappa shape index (κ3) is 5.70. The number of para-hydroxylation sites is 4. The molecule has 2 nitrogen and oxygen atoms in total. The minimum Gasteiger partial charge on any atom is -0.309 e. The van der Waals surface area contributed by atoms with Crippen LogP contribution in [0, 0.1) is 0 Å². The molecule has 344 valence electrons. The van der Waals surface area contributed by atoms with Gasteiger partial charge in [0.25, 0.3) is 0 Å². The Hall–Kier alpha value is -8.80. The normalized spacial score (nSPS) is 13.0. The maximum atomic E-state index is 2.55. The van der Waals surface area contributed by atoms with Gasteiger partial charge in [-0.1, -0.05) is 133 Å². The van der Waals surface area contributed by atoms with E-state index in [4.69, 9.17) is 0 Å². The van der Waals surface area contributed by atoms with Crippen molar-refractivity contribution < 1.29 is 0 Å². The number of hydrogen-bond acceptors (Lipinski definition) is 2. The van der Waals surface area contributed by atoms with E-state index in [1.54, 1.807) is 0 Å². The molecule has 4 heterocycles. The SMILES string of the molecule is C1=Cc2sc3c(ccc4c(-c5ccc6c(c5)c5ccccc5n6-c5ccccc5)cc5cc6c(cc(-c7ccc8c(c7)c7ccccc7n8-c7ccccc7)c7ccc8c9ccccc9sc8c76)cc5c43)c2CC1. The average molecular weight is 975 g/mol. The Balaban J connectivity index is 0.981. The summed E-state index contributed by atoms with van der Waals surface area (Å²) in [5, 5.41) is 19.5. The number of nitrogens with zero attached hydrogens (tertiary/aromatic N) is 2. The Morgan fingerprint density at radius 1 is 0.338 bits per heavy atom. The van der Waals surface area contributed by atoms with Crippen molar-refractivity contribution in [2.24, 2.45) is 0 Å². The summed E-state index contributed by atoms with van der Waals surface area (Å²) >= 11 is 3.91. The number of thiophene rings is 2. The molecule has 0 bridgehead atoms. The summed E-state index contributed by atoms with van der Waals surface area (Å²) in [5.41, 5.74) is 13.7. The molecule has 0 unspecified atom stereocenters. The molecule has 1 aliphatic rings. The molecule has 4 aromatic heterocycles. The fourth-order valence-corrected chi connectivity index (χ4v) is 15.7. The zero-order chi connectivity index (χ0) is 48.2. The molecule has 0 saturated heterocycles. The van der Waals surface area contributed by atoms with E-state index < -0.39 is 0 Å². The topological polar surface area (TPSA) is 9.86 Å². The van der Waals surface area contributed by atoms with Crippen LogP contribution in [0.5, 0.6) is 0 Å². The Labute approximate surface area is 433 Å².